The first kappa shape index (κ1) is 21.5. The van der Waals surface area contributed by atoms with Crippen LogP contribution in [0.4, 0.5) is 0 Å². The van der Waals surface area contributed by atoms with Gasteiger partial charge in [0.15, 0.2) is 16.6 Å². The molecule has 0 spiro atoms. The molecule has 0 aliphatic carbocycles. The summed E-state index contributed by atoms with van der Waals surface area (Å²) < 4.78 is 17.4. The van der Waals surface area contributed by atoms with Crippen molar-refractivity contribution < 1.29 is 19.0 Å². The van der Waals surface area contributed by atoms with Gasteiger partial charge in [0.2, 0.25) is 0 Å². The first-order valence-electron chi connectivity index (χ1n) is 8.74. The van der Waals surface area contributed by atoms with E-state index in [0.29, 0.717) is 47.0 Å². The molecule has 0 radical (unpaired) electrons. The van der Waals surface area contributed by atoms with Gasteiger partial charge in [-0.25, -0.2) is 4.79 Å². The maximum Gasteiger partial charge on any atom is 0.337 e. The fraction of sp³-hybridized carbons (Fsp3) is 0.474. The first-order valence-corrected chi connectivity index (χ1v) is 9.94. The van der Waals surface area contributed by atoms with Crippen LogP contribution in [0.3, 0.4) is 0 Å². The normalized spacial score (nSPS) is 16.7. The second-order valence-electron chi connectivity index (χ2n) is 6.53. The summed E-state index contributed by atoms with van der Waals surface area (Å²) >= 11 is 8.85. The average Bonchev–Trinajstić information content (AvgIpc) is 2.59. The highest BCUT2D eigenvalue weighted by Crippen LogP contribution is 2.40. The Morgan fingerprint density at radius 1 is 1.33 bits per heavy atom. The summed E-state index contributed by atoms with van der Waals surface area (Å²) in [6.07, 6.45) is 0. The van der Waals surface area contributed by atoms with Crippen molar-refractivity contribution in [3.05, 3.63) is 33.4 Å². The molecule has 1 atom stereocenters. The molecule has 0 fully saturated rings. The number of carbonyl (C=O) groups excluding carboxylic acids is 1. The molecular weight excluding hydrogens is 432 g/mol. The zero-order valence-electron chi connectivity index (χ0n) is 16.1. The predicted octanol–water partition coefficient (Wildman–Crippen LogP) is 3.85. The third-order valence-corrected chi connectivity index (χ3v) is 4.71. The molecule has 8 heteroatoms. The summed E-state index contributed by atoms with van der Waals surface area (Å²) in [5.41, 5.74) is 1.94. The number of ether oxygens (including phenoxy) is 3. The van der Waals surface area contributed by atoms with Crippen molar-refractivity contribution in [1.82, 2.24) is 10.6 Å². The molecule has 0 unspecified atom stereocenters. The summed E-state index contributed by atoms with van der Waals surface area (Å²) in [7, 11) is 1.36. The number of rotatable bonds is 7. The van der Waals surface area contributed by atoms with Crippen LogP contribution in [-0.2, 0) is 9.53 Å². The number of allylic oxidation sites excluding steroid dienone is 1. The Bertz CT molecular complexity index is 764. The largest absolute Gasteiger partial charge is 0.490 e. The number of esters is 1. The van der Waals surface area contributed by atoms with Crippen molar-refractivity contribution in [3.8, 4) is 11.5 Å². The second-order valence-corrected chi connectivity index (χ2v) is 7.79. The number of nitrogens with one attached hydrogen (secondary N) is 2. The van der Waals surface area contributed by atoms with Crippen molar-refractivity contribution >= 4 is 39.2 Å². The summed E-state index contributed by atoms with van der Waals surface area (Å²) in [6, 6.07) is 3.31. The van der Waals surface area contributed by atoms with E-state index in [1.54, 1.807) is 6.92 Å². The topological polar surface area (TPSA) is 68.8 Å². The number of halogens is 1. The molecule has 0 bridgehead atoms. The Kier molecular flexibility index (Phi) is 7.49. The highest BCUT2D eigenvalue weighted by atomic mass is 79.9. The monoisotopic (exact) mass is 456 g/mol. The number of carbonyl (C=O) groups is 1. The van der Waals surface area contributed by atoms with E-state index in [-0.39, 0.29) is 0 Å². The maximum absolute atomic E-state index is 12.3. The molecule has 0 saturated heterocycles. The van der Waals surface area contributed by atoms with Crippen LogP contribution in [0.1, 0.15) is 39.3 Å². The average molecular weight is 457 g/mol. The molecule has 1 aromatic carbocycles. The Morgan fingerprint density at radius 3 is 2.63 bits per heavy atom. The third kappa shape index (κ3) is 5.13. The number of thiocarbonyl (C=S) groups is 1. The van der Waals surface area contributed by atoms with Gasteiger partial charge in [0, 0.05) is 5.70 Å². The Hall–Kier alpha value is -1.80. The van der Waals surface area contributed by atoms with Gasteiger partial charge in [0.25, 0.3) is 0 Å². The lowest BCUT2D eigenvalue weighted by atomic mass is 9.95. The van der Waals surface area contributed by atoms with Crippen molar-refractivity contribution in [2.45, 2.75) is 33.7 Å². The molecule has 148 valence electrons. The third-order valence-electron chi connectivity index (χ3n) is 3.90. The number of benzene rings is 1. The Balaban J connectivity index is 2.51. The molecule has 2 N–H and O–H groups in total. The molecule has 0 saturated carbocycles. The first-order chi connectivity index (χ1) is 12.8. The summed E-state index contributed by atoms with van der Waals surface area (Å²) in [4.78, 5) is 12.3. The van der Waals surface area contributed by atoms with Crippen LogP contribution in [0.15, 0.2) is 27.9 Å². The minimum atomic E-state index is -0.458. The van der Waals surface area contributed by atoms with E-state index in [9.17, 15) is 4.79 Å². The van der Waals surface area contributed by atoms with Crippen molar-refractivity contribution in [2.75, 3.05) is 20.3 Å². The standard InChI is InChI=1S/C19H25BrN2O4S/c1-6-25-14-8-12(7-13(20)17(14)26-9-10(2)3)16-15(18(23)24-5)11(4)21-19(27)22-16/h7-8,10,16H,6,9H2,1-5H3,(H2,21,22,27)/t16-/m1/s1. The predicted molar refractivity (Wildman–Crippen MR) is 112 cm³/mol. The van der Waals surface area contributed by atoms with Gasteiger partial charge < -0.3 is 24.8 Å². The molecule has 2 rings (SSSR count). The van der Waals surface area contributed by atoms with E-state index in [2.05, 4.69) is 40.4 Å². The van der Waals surface area contributed by atoms with Crippen molar-refractivity contribution in [2.24, 2.45) is 5.92 Å². The van der Waals surface area contributed by atoms with Crippen LogP contribution in [0.2, 0.25) is 0 Å². The summed E-state index contributed by atoms with van der Waals surface area (Å²) in [5, 5.41) is 6.56. The van der Waals surface area contributed by atoms with Gasteiger partial charge in [0.1, 0.15) is 0 Å². The van der Waals surface area contributed by atoms with Crippen LogP contribution in [-0.4, -0.2) is 31.4 Å². The van der Waals surface area contributed by atoms with Crippen LogP contribution < -0.4 is 20.1 Å². The number of hydrogen-bond donors (Lipinski definition) is 2. The van der Waals surface area contributed by atoms with Gasteiger partial charge in [-0.3, -0.25) is 0 Å². The Labute approximate surface area is 173 Å². The van der Waals surface area contributed by atoms with Crippen molar-refractivity contribution in [3.63, 3.8) is 0 Å². The fourth-order valence-electron chi connectivity index (χ4n) is 2.73. The molecule has 1 heterocycles. The lowest BCUT2D eigenvalue weighted by molar-refractivity contribution is -0.136. The lowest BCUT2D eigenvalue weighted by Crippen LogP contribution is -2.45. The van der Waals surface area contributed by atoms with E-state index in [0.717, 1.165) is 10.0 Å². The van der Waals surface area contributed by atoms with Gasteiger partial charge in [-0.05, 0) is 65.6 Å². The van der Waals surface area contributed by atoms with Gasteiger partial charge in [0.05, 0.1) is 36.4 Å². The number of hydrogen-bond acceptors (Lipinski definition) is 5. The van der Waals surface area contributed by atoms with Crippen molar-refractivity contribution in [1.29, 1.82) is 0 Å². The maximum atomic E-state index is 12.3. The minimum Gasteiger partial charge on any atom is -0.490 e. The van der Waals surface area contributed by atoms with Crippen LogP contribution >= 0.6 is 28.1 Å². The number of methoxy groups -OCH3 is 1. The molecule has 6 nitrogen and oxygen atoms in total. The zero-order chi connectivity index (χ0) is 20.1. The van der Waals surface area contributed by atoms with Gasteiger partial charge in [-0.2, -0.15) is 0 Å². The lowest BCUT2D eigenvalue weighted by Gasteiger charge is -2.30. The van der Waals surface area contributed by atoms with Crippen LogP contribution in [0, 0.1) is 5.92 Å². The second kappa shape index (κ2) is 9.41. The molecule has 27 heavy (non-hydrogen) atoms. The minimum absolute atomic E-state index is 0.381. The van der Waals surface area contributed by atoms with E-state index in [4.69, 9.17) is 26.4 Å². The van der Waals surface area contributed by atoms with E-state index in [1.165, 1.54) is 7.11 Å². The van der Waals surface area contributed by atoms with Gasteiger partial charge >= 0.3 is 5.97 Å². The van der Waals surface area contributed by atoms with Crippen LogP contribution in [0.25, 0.3) is 0 Å². The zero-order valence-corrected chi connectivity index (χ0v) is 18.5. The van der Waals surface area contributed by atoms with E-state index in [1.807, 2.05) is 19.1 Å². The smallest absolute Gasteiger partial charge is 0.337 e. The summed E-state index contributed by atoms with van der Waals surface area (Å²) in [5.74, 6) is 1.21. The quantitative estimate of drug-likeness (QED) is 0.476. The van der Waals surface area contributed by atoms with Crippen LogP contribution in [0.5, 0.6) is 11.5 Å². The van der Waals surface area contributed by atoms with E-state index < -0.39 is 12.0 Å². The van der Waals surface area contributed by atoms with Gasteiger partial charge in [-0.15, -0.1) is 0 Å². The highest BCUT2D eigenvalue weighted by molar-refractivity contribution is 9.10. The Morgan fingerprint density at radius 2 is 2.04 bits per heavy atom. The summed E-state index contributed by atoms with van der Waals surface area (Å²) in [6.45, 7) is 8.93. The highest BCUT2D eigenvalue weighted by Gasteiger charge is 2.31. The molecule has 0 amide bonds. The SMILES string of the molecule is CCOc1cc([C@H]2NC(=S)NC(C)=C2C(=O)OC)cc(Br)c1OCC(C)C. The molecular formula is C19H25BrN2O4S. The van der Waals surface area contributed by atoms with Gasteiger partial charge in [-0.1, -0.05) is 13.8 Å². The molecule has 1 aliphatic heterocycles. The van der Waals surface area contributed by atoms with E-state index >= 15 is 0 Å². The molecule has 1 aromatic rings. The fourth-order valence-corrected chi connectivity index (χ4v) is 3.58. The molecule has 0 aromatic heterocycles. The molecule has 1 aliphatic rings.